The van der Waals surface area contributed by atoms with E-state index in [1.807, 2.05) is 6.07 Å². The molecule has 0 aliphatic heterocycles. The van der Waals surface area contributed by atoms with Crippen molar-refractivity contribution in [3.63, 3.8) is 0 Å². The zero-order valence-electron chi connectivity index (χ0n) is 12.6. The Labute approximate surface area is 125 Å². The van der Waals surface area contributed by atoms with Gasteiger partial charge in [0.15, 0.2) is 6.61 Å². The van der Waals surface area contributed by atoms with Gasteiger partial charge in [0, 0.05) is 31.8 Å². The number of hydrogen-bond acceptors (Lipinski definition) is 3. The Morgan fingerprint density at radius 3 is 2.67 bits per heavy atom. The van der Waals surface area contributed by atoms with Gasteiger partial charge in [-0.25, -0.2) is 0 Å². The summed E-state index contributed by atoms with van der Waals surface area (Å²) in [6.07, 6.45) is 4.21. The van der Waals surface area contributed by atoms with E-state index in [0.29, 0.717) is 11.4 Å². The van der Waals surface area contributed by atoms with E-state index in [0.717, 1.165) is 25.7 Å². The van der Waals surface area contributed by atoms with Crippen LogP contribution in [0, 0.1) is 5.92 Å². The lowest BCUT2D eigenvalue weighted by molar-refractivity contribution is -0.130. The first-order valence-corrected chi connectivity index (χ1v) is 7.30. The van der Waals surface area contributed by atoms with Gasteiger partial charge < -0.3 is 15.0 Å². The number of nitrogens with one attached hydrogen (secondary N) is 1. The predicted molar refractivity (Wildman–Crippen MR) is 81.2 cm³/mol. The van der Waals surface area contributed by atoms with E-state index < -0.39 is 0 Å². The number of carbonyl (C=O) groups is 2. The molecule has 114 valence electrons. The largest absolute Gasteiger partial charge is 0.484 e. The summed E-state index contributed by atoms with van der Waals surface area (Å²) in [5.74, 6) is 0.684. The third-order valence-corrected chi connectivity index (χ3v) is 3.69. The van der Waals surface area contributed by atoms with Crippen LogP contribution in [0.25, 0.3) is 0 Å². The second kappa shape index (κ2) is 7.11. The number of hydrogen-bond donors (Lipinski definition) is 1. The number of rotatable bonds is 5. The molecule has 0 unspecified atom stereocenters. The molecule has 1 fully saturated rings. The highest BCUT2D eigenvalue weighted by molar-refractivity contribution is 5.92. The zero-order chi connectivity index (χ0) is 15.2. The van der Waals surface area contributed by atoms with Crippen LogP contribution < -0.4 is 10.1 Å². The topological polar surface area (TPSA) is 58.6 Å². The van der Waals surface area contributed by atoms with Gasteiger partial charge in [-0.15, -0.1) is 0 Å². The minimum atomic E-state index is -0.101. The minimum Gasteiger partial charge on any atom is -0.484 e. The average molecular weight is 290 g/mol. The molecule has 5 nitrogen and oxygen atoms in total. The third kappa shape index (κ3) is 4.48. The maximum atomic E-state index is 12.1. The smallest absolute Gasteiger partial charge is 0.259 e. The molecule has 2 rings (SSSR count). The lowest BCUT2D eigenvalue weighted by Gasteiger charge is -2.13. The van der Waals surface area contributed by atoms with Crippen molar-refractivity contribution < 1.29 is 14.3 Å². The summed E-state index contributed by atoms with van der Waals surface area (Å²) in [5, 5.41) is 2.92. The van der Waals surface area contributed by atoms with Crippen molar-refractivity contribution in [3.8, 4) is 5.75 Å². The van der Waals surface area contributed by atoms with E-state index in [-0.39, 0.29) is 24.3 Å². The Hall–Kier alpha value is -2.04. The van der Waals surface area contributed by atoms with Crippen molar-refractivity contribution in [1.82, 2.24) is 4.90 Å². The molecular weight excluding hydrogens is 268 g/mol. The van der Waals surface area contributed by atoms with Gasteiger partial charge >= 0.3 is 0 Å². The Balaban J connectivity index is 1.91. The Bertz CT molecular complexity index is 508. The van der Waals surface area contributed by atoms with Crippen LogP contribution >= 0.6 is 0 Å². The molecule has 2 amide bonds. The van der Waals surface area contributed by atoms with Gasteiger partial charge in [-0.3, -0.25) is 9.59 Å². The van der Waals surface area contributed by atoms with Crippen LogP contribution in [0.1, 0.15) is 25.7 Å². The highest BCUT2D eigenvalue weighted by atomic mass is 16.5. The molecule has 0 bridgehead atoms. The Morgan fingerprint density at radius 1 is 1.29 bits per heavy atom. The monoisotopic (exact) mass is 290 g/mol. The van der Waals surface area contributed by atoms with E-state index in [1.54, 1.807) is 32.3 Å². The highest BCUT2D eigenvalue weighted by Gasteiger charge is 2.22. The molecule has 1 aliphatic rings. The SMILES string of the molecule is CN(C)C(=O)COc1cccc(NC(=O)C2CCCC2)c1. The van der Waals surface area contributed by atoms with Crippen molar-refractivity contribution in [2.75, 3.05) is 26.0 Å². The fourth-order valence-electron chi connectivity index (χ4n) is 2.37. The molecule has 0 saturated heterocycles. The Kier molecular flexibility index (Phi) is 5.20. The van der Waals surface area contributed by atoms with Gasteiger partial charge in [-0.2, -0.15) is 0 Å². The van der Waals surface area contributed by atoms with Gasteiger partial charge in [0.05, 0.1) is 0 Å². The lowest BCUT2D eigenvalue weighted by atomic mass is 10.1. The van der Waals surface area contributed by atoms with Crippen molar-refractivity contribution in [1.29, 1.82) is 0 Å². The third-order valence-electron chi connectivity index (χ3n) is 3.69. The van der Waals surface area contributed by atoms with E-state index in [9.17, 15) is 9.59 Å². The first-order valence-electron chi connectivity index (χ1n) is 7.30. The van der Waals surface area contributed by atoms with Crippen LogP contribution in [0.2, 0.25) is 0 Å². The van der Waals surface area contributed by atoms with Crippen LogP contribution in [0.5, 0.6) is 5.75 Å². The summed E-state index contributed by atoms with van der Waals surface area (Å²) < 4.78 is 5.43. The van der Waals surface area contributed by atoms with Gasteiger partial charge in [-0.05, 0) is 25.0 Å². The number of likely N-dealkylation sites (N-methyl/N-ethyl adjacent to an activating group) is 1. The first kappa shape index (κ1) is 15.4. The molecule has 0 aromatic heterocycles. The molecular formula is C16H22N2O3. The van der Waals surface area contributed by atoms with Crippen LogP contribution in [0.4, 0.5) is 5.69 Å². The molecule has 1 aromatic carbocycles. The highest BCUT2D eigenvalue weighted by Crippen LogP contribution is 2.26. The standard InChI is InChI=1S/C16H22N2O3/c1-18(2)15(19)11-21-14-9-5-8-13(10-14)17-16(20)12-6-3-4-7-12/h5,8-10,12H,3-4,6-7,11H2,1-2H3,(H,17,20). The maximum absolute atomic E-state index is 12.1. The van der Waals surface area contributed by atoms with E-state index >= 15 is 0 Å². The second-order valence-electron chi connectivity index (χ2n) is 5.58. The van der Waals surface area contributed by atoms with Crippen molar-refractivity contribution >= 4 is 17.5 Å². The number of amides is 2. The van der Waals surface area contributed by atoms with Crippen molar-refractivity contribution in [2.24, 2.45) is 5.92 Å². The van der Waals surface area contributed by atoms with Gasteiger partial charge in [0.2, 0.25) is 5.91 Å². The molecule has 1 aliphatic carbocycles. The Morgan fingerprint density at radius 2 is 2.00 bits per heavy atom. The first-order chi connectivity index (χ1) is 10.1. The number of ether oxygens (including phenoxy) is 1. The quantitative estimate of drug-likeness (QED) is 0.905. The van der Waals surface area contributed by atoms with Gasteiger partial charge in [0.1, 0.15) is 5.75 Å². The molecule has 0 radical (unpaired) electrons. The van der Waals surface area contributed by atoms with Crippen molar-refractivity contribution in [2.45, 2.75) is 25.7 Å². The predicted octanol–water partition coefficient (Wildman–Crippen LogP) is 2.28. The normalized spacial score (nSPS) is 14.8. The number of anilines is 1. The summed E-state index contributed by atoms with van der Waals surface area (Å²) in [7, 11) is 3.37. The fraction of sp³-hybridized carbons (Fsp3) is 0.500. The van der Waals surface area contributed by atoms with Crippen LogP contribution in [0.15, 0.2) is 24.3 Å². The number of carbonyl (C=O) groups excluding carboxylic acids is 2. The summed E-state index contributed by atoms with van der Waals surface area (Å²) in [6, 6.07) is 7.15. The van der Waals surface area contributed by atoms with Crippen LogP contribution in [0.3, 0.4) is 0 Å². The van der Waals surface area contributed by atoms with E-state index in [4.69, 9.17) is 4.74 Å². The fourth-order valence-corrected chi connectivity index (χ4v) is 2.37. The molecule has 0 spiro atoms. The molecule has 1 aromatic rings. The molecule has 0 heterocycles. The van der Waals surface area contributed by atoms with Gasteiger partial charge in [-0.1, -0.05) is 18.9 Å². The van der Waals surface area contributed by atoms with Gasteiger partial charge in [0.25, 0.3) is 5.91 Å². The lowest BCUT2D eigenvalue weighted by Crippen LogP contribution is -2.27. The summed E-state index contributed by atoms with van der Waals surface area (Å²) >= 11 is 0. The molecule has 5 heteroatoms. The summed E-state index contributed by atoms with van der Waals surface area (Å²) in [5.41, 5.74) is 0.710. The minimum absolute atomic E-state index is 0.00692. The van der Waals surface area contributed by atoms with Crippen molar-refractivity contribution in [3.05, 3.63) is 24.3 Å². The zero-order valence-corrected chi connectivity index (χ0v) is 12.6. The molecule has 1 N–H and O–H groups in total. The molecule has 1 saturated carbocycles. The molecule has 0 atom stereocenters. The maximum Gasteiger partial charge on any atom is 0.259 e. The average Bonchev–Trinajstić information content (AvgIpc) is 2.99. The second-order valence-corrected chi connectivity index (χ2v) is 5.58. The summed E-state index contributed by atoms with van der Waals surface area (Å²) in [4.78, 5) is 25.0. The molecule has 21 heavy (non-hydrogen) atoms. The van der Waals surface area contributed by atoms with E-state index in [1.165, 1.54) is 4.90 Å². The van der Waals surface area contributed by atoms with Crippen LogP contribution in [-0.4, -0.2) is 37.4 Å². The van der Waals surface area contributed by atoms with E-state index in [2.05, 4.69) is 5.32 Å². The summed E-state index contributed by atoms with van der Waals surface area (Å²) in [6.45, 7) is -0.00692. The number of nitrogens with zero attached hydrogens (tertiary/aromatic N) is 1. The number of benzene rings is 1. The van der Waals surface area contributed by atoms with Crippen LogP contribution in [-0.2, 0) is 9.59 Å².